The maximum atomic E-state index is 12.8. The van der Waals surface area contributed by atoms with Gasteiger partial charge in [-0.2, -0.15) is 0 Å². The van der Waals surface area contributed by atoms with E-state index < -0.39 is 18.1 Å². The van der Waals surface area contributed by atoms with Crippen molar-refractivity contribution in [2.24, 2.45) is 0 Å². The zero-order valence-electron chi connectivity index (χ0n) is 41.5. The molecule has 0 aliphatic heterocycles. The fourth-order valence-electron chi connectivity index (χ4n) is 7.41. The molecular weight excluding hydrogens is 787 g/mol. The first-order valence-electron chi connectivity index (χ1n) is 25.8. The summed E-state index contributed by atoms with van der Waals surface area (Å²) in [7, 11) is 5.40. The molecule has 63 heavy (non-hydrogen) atoms. The summed E-state index contributed by atoms with van der Waals surface area (Å²) in [4.78, 5) is 37.0. The number of hydrogen-bond donors (Lipinski definition) is 0. The molecule has 0 radical (unpaired) electrons. The second-order valence-corrected chi connectivity index (χ2v) is 18.4. The van der Waals surface area contributed by atoms with Crippen LogP contribution >= 0.6 is 0 Å². The van der Waals surface area contributed by atoms with Gasteiger partial charge in [0.1, 0.15) is 12.6 Å². The van der Waals surface area contributed by atoms with Crippen LogP contribution in [-0.4, -0.2) is 75.5 Å². The lowest BCUT2D eigenvalue weighted by Gasteiger charge is -2.34. The lowest BCUT2D eigenvalue weighted by atomic mass is 10.0. The Morgan fingerprint density at radius 3 is 1.35 bits per heavy atom. The molecule has 0 rings (SSSR count). The van der Waals surface area contributed by atoms with E-state index in [0.717, 1.165) is 70.6 Å². The molecule has 0 aliphatic rings. The van der Waals surface area contributed by atoms with Crippen molar-refractivity contribution in [2.75, 3.05) is 41.0 Å². The molecular formula is C55H97NO7. The number of unbranched alkanes of at least 4 members (excludes halogenated alkanes) is 22. The fourth-order valence-corrected chi connectivity index (χ4v) is 7.41. The number of carbonyl (C=O) groups is 3. The van der Waals surface area contributed by atoms with E-state index in [1.807, 2.05) is 0 Å². The molecule has 0 spiro atoms. The molecule has 0 aromatic heterocycles. The second kappa shape index (κ2) is 45.6. The first kappa shape index (κ1) is 60.0. The van der Waals surface area contributed by atoms with Crippen molar-refractivity contribution in [2.45, 2.75) is 231 Å². The normalized spacial score (nSPS) is 13.3. The monoisotopic (exact) mass is 884 g/mol. The van der Waals surface area contributed by atoms with Gasteiger partial charge in [0.05, 0.1) is 40.3 Å². The van der Waals surface area contributed by atoms with Gasteiger partial charge in [0.25, 0.3) is 0 Å². The molecule has 2 unspecified atom stereocenters. The lowest BCUT2D eigenvalue weighted by Crippen LogP contribution is -2.55. The van der Waals surface area contributed by atoms with E-state index in [1.54, 1.807) is 21.1 Å². The molecule has 0 amide bonds. The number of allylic oxidation sites excluding steroid dienone is 10. The molecule has 0 saturated heterocycles. The number of carboxylic acids is 1. The molecule has 0 aliphatic carbocycles. The van der Waals surface area contributed by atoms with Crippen LogP contribution in [0, 0.1) is 0 Å². The second-order valence-electron chi connectivity index (χ2n) is 18.4. The van der Waals surface area contributed by atoms with Gasteiger partial charge in [-0.25, -0.2) is 0 Å². The molecule has 8 nitrogen and oxygen atoms in total. The van der Waals surface area contributed by atoms with Gasteiger partial charge in [-0.05, 0) is 77.0 Å². The third-order valence-electron chi connectivity index (χ3n) is 11.4. The highest BCUT2D eigenvalue weighted by Crippen LogP contribution is 2.15. The quantitative estimate of drug-likeness (QED) is 0.0260. The summed E-state index contributed by atoms with van der Waals surface area (Å²) in [5.74, 6) is -1.78. The highest BCUT2D eigenvalue weighted by atomic mass is 16.6. The van der Waals surface area contributed by atoms with Crippen LogP contribution in [0.2, 0.25) is 0 Å². The van der Waals surface area contributed by atoms with Crippen molar-refractivity contribution in [3.63, 3.8) is 0 Å². The van der Waals surface area contributed by atoms with Gasteiger partial charge in [-0.15, -0.1) is 0 Å². The maximum absolute atomic E-state index is 12.8. The van der Waals surface area contributed by atoms with Gasteiger partial charge in [0.2, 0.25) is 0 Å². The van der Waals surface area contributed by atoms with Crippen molar-refractivity contribution < 1.29 is 38.2 Å². The predicted octanol–water partition coefficient (Wildman–Crippen LogP) is 13.6. The summed E-state index contributed by atoms with van der Waals surface area (Å²) in [6.07, 6.45) is 56.9. The Morgan fingerprint density at radius 2 is 0.889 bits per heavy atom. The van der Waals surface area contributed by atoms with Gasteiger partial charge in [0, 0.05) is 19.3 Å². The van der Waals surface area contributed by atoms with Crippen LogP contribution in [0.25, 0.3) is 0 Å². The zero-order chi connectivity index (χ0) is 46.3. The number of rotatable bonds is 46. The fraction of sp³-hybridized carbons (Fsp3) is 0.764. The van der Waals surface area contributed by atoms with Gasteiger partial charge >= 0.3 is 11.9 Å². The molecule has 0 heterocycles. The van der Waals surface area contributed by atoms with Crippen LogP contribution in [0.4, 0.5) is 0 Å². The van der Waals surface area contributed by atoms with Gasteiger partial charge < -0.3 is 28.6 Å². The van der Waals surface area contributed by atoms with E-state index >= 15 is 0 Å². The van der Waals surface area contributed by atoms with Crippen molar-refractivity contribution >= 4 is 17.9 Å². The summed E-state index contributed by atoms with van der Waals surface area (Å²) in [5.41, 5.74) is 0. The van der Waals surface area contributed by atoms with E-state index in [1.165, 1.54) is 116 Å². The van der Waals surface area contributed by atoms with Gasteiger partial charge in [-0.1, -0.05) is 184 Å². The molecule has 0 aromatic rings. The Morgan fingerprint density at radius 1 is 0.492 bits per heavy atom. The number of likely N-dealkylation sites (N-methyl/N-ethyl adjacent to an activating group) is 1. The predicted molar refractivity (Wildman–Crippen MR) is 263 cm³/mol. The molecule has 8 heteroatoms. The summed E-state index contributed by atoms with van der Waals surface area (Å²) in [6, 6.07) is -0.734. The van der Waals surface area contributed by atoms with Crippen LogP contribution in [-0.2, 0) is 28.6 Å². The smallest absolute Gasteiger partial charge is 0.306 e. The van der Waals surface area contributed by atoms with Crippen LogP contribution in [0.15, 0.2) is 60.8 Å². The lowest BCUT2D eigenvalue weighted by molar-refractivity contribution is -0.889. The van der Waals surface area contributed by atoms with Crippen molar-refractivity contribution in [3.8, 4) is 0 Å². The molecule has 0 N–H and O–H groups in total. The van der Waals surface area contributed by atoms with Crippen LogP contribution in [0.5, 0.6) is 0 Å². The number of nitrogens with zero attached hydrogens (tertiary/aromatic N) is 1. The Bertz CT molecular complexity index is 1210. The number of carboxylic acid groups (broad SMARTS) is 1. The highest BCUT2D eigenvalue weighted by Gasteiger charge is 2.25. The number of aliphatic carboxylic acids is 1. The Balaban J connectivity index is 4.26. The summed E-state index contributed by atoms with van der Waals surface area (Å²) >= 11 is 0. The number of ether oxygens (including phenoxy) is 3. The topological polar surface area (TPSA) is 102 Å². The minimum atomic E-state index is -1.13. The third-order valence-corrected chi connectivity index (χ3v) is 11.4. The number of carbonyl (C=O) groups excluding carboxylic acids is 3. The summed E-state index contributed by atoms with van der Waals surface area (Å²) < 4.78 is 17.2. The van der Waals surface area contributed by atoms with Crippen LogP contribution in [0.1, 0.15) is 219 Å². The Kier molecular flexibility index (Phi) is 43.4. The SMILES string of the molecule is CC/C=C/C/C=C/C/C=C/C/C=C/CCCCCC(=O)OCC(COCCC(C(=O)[O-])[N+](C)(C)C)OC(=O)CCCCCCCCC/C=C/CCCCCCCCCCCCCC. The van der Waals surface area contributed by atoms with Gasteiger partial charge in [-0.3, -0.25) is 9.59 Å². The van der Waals surface area contributed by atoms with E-state index in [9.17, 15) is 19.5 Å². The standard InChI is InChI=1S/C55H97NO7/c1-6-8-10-12-14-16-18-20-22-24-25-26-27-28-29-30-32-34-36-38-40-42-44-46-54(58)63-51(49-61-48-47-52(55(59)60)56(3,4)5)50-62-53(57)45-43-41-39-37-35-33-31-23-21-19-17-15-13-11-9-7-2/h9,11,15,17,21,23,28-29,33,35,51-52H,6-8,10,12-14,16,18-20,22,24-27,30-32,34,36-50H2,1-5H3/b11-9+,17-15+,23-21+,29-28+,35-33+. The largest absolute Gasteiger partial charge is 0.544 e. The van der Waals surface area contributed by atoms with Crippen molar-refractivity contribution in [1.29, 1.82) is 0 Å². The van der Waals surface area contributed by atoms with Crippen LogP contribution < -0.4 is 5.11 Å². The van der Waals surface area contributed by atoms with Crippen molar-refractivity contribution in [1.82, 2.24) is 0 Å². The highest BCUT2D eigenvalue weighted by molar-refractivity contribution is 5.70. The third kappa shape index (κ3) is 44.0. The molecule has 0 aromatic carbocycles. The number of esters is 2. The summed E-state index contributed by atoms with van der Waals surface area (Å²) in [5, 5.41) is 11.7. The van der Waals surface area contributed by atoms with E-state index in [4.69, 9.17) is 14.2 Å². The van der Waals surface area contributed by atoms with Crippen LogP contribution in [0.3, 0.4) is 0 Å². The minimum absolute atomic E-state index is 0.0272. The van der Waals surface area contributed by atoms with Gasteiger partial charge in [0.15, 0.2) is 6.10 Å². The Hall–Kier alpha value is -2.97. The first-order valence-corrected chi connectivity index (χ1v) is 25.8. The van der Waals surface area contributed by atoms with E-state index in [-0.39, 0.29) is 42.7 Å². The average Bonchev–Trinajstić information content (AvgIpc) is 3.24. The first-order chi connectivity index (χ1) is 30.6. The maximum Gasteiger partial charge on any atom is 0.306 e. The molecule has 0 bridgehead atoms. The minimum Gasteiger partial charge on any atom is -0.544 e. The van der Waals surface area contributed by atoms with E-state index in [0.29, 0.717) is 12.8 Å². The molecule has 0 saturated carbocycles. The van der Waals surface area contributed by atoms with E-state index in [2.05, 4.69) is 74.6 Å². The number of hydrogen-bond acceptors (Lipinski definition) is 7. The summed E-state index contributed by atoms with van der Waals surface area (Å²) in [6.45, 7) is 4.53. The number of quaternary nitrogens is 1. The molecule has 364 valence electrons. The van der Waals surface area contributed by atoms with Crippen molar-refractivity contribution in [3.05, 3.63) is 60.8 Å². The molecule has 0 fully saturated rings. The Labute approximate surface area is 388 Å². The molecule has 2 atom stereocenters. The zero-order valence-corrected chi connectivity index (χ0v) is 41.5. The average molecular weight is 884 g/mol.